The van der Waals surface area contributed by atoms with E-state index < -0.39 is 0 Å². The fraction of sp³-hybridized carbons (Fsp3) is 0.800. The Labute approximate surface area is 145 Å². The molecule has 4 nitrogen and oxygen atoms in total. The number of likely N-dealkylation sites (tertiary alicyclic amines) is 1. The number of nitrogens with zero attached hydrogens (tertiary/aromatic N) is 1. The van der Waals surface area contributed by atoms with Crippen LogP contribution >= 0.6 is 0 Å². The van der Waals surface area contributed by atoms with Crippen molar-refractivity contribution in [1.82, 2.24) is 4.90 Å². The minimum absolute atomic E-state index is 0.193. The number of furan rings is 1. The molecule has 0 aromatic carbocycles. The standard InChI is InChI=1S/C20H31NO3/c1-2-5-17(4-1)13-23-16-20-8-3-10-24-19(20)6-9-21(15-20)12-18-7-11-22-14-18/h7,11,14,17,19H,1-6,8-10,12-13,15-16H2/t19-,20+/m1/s1. The topological polar surface area (TPSA) is 34.8 Å². The van der Waals surface area contributed by atoms with E-state index in [1.54, 1.807) is 6.26 Å². The maximum absolute atomic E-state index is 6.28. The first-order valence-corrected chi connectivity index (χ1v) is 9.77. The number of ether oxygens (including phenoxy) is 2. The Kier molecular flexibility index (Phi) is 5.25. The monoisotopic (exact) mass is 333 g/mol. The molecule has 134 valence electrons. The Morgan fingerprint density at radius 1 is 1.21 bits per heavy atom. The van der Waals surface area contributed by atoms with Gasteiger partial charge < -0.3 is 13.9 Å². The van der Waals surface area contributed by atoms with Gasteiger partial charge >= 0.3 is 0 Å². The van der Waals surface area contributed by atoms with Crippen LogP contribution in [0.3, 0.4) is 0 Å². The lowest BCUT2D eigenvalue weighted by Crippen LogP contribution is -2.56. The molecule has 1 aromatic rings. The highest BCUT2D eigenvalue weighted by molar-refractivity contribution is 5.06. The van der Waals surface area contributed by atoms with E-state index in [-0.39, 0.29) is 5.41 Å². The molecule has 3 aliphatic rings. The van der Waals surface area contributed by atoms with Crippen molar-refractivity contribution < 1.29 is 13.9 Å². The largest absolute Gasteiger partial charge is 0.472 e. The van der Waals surface area contributed by atoms with Crippen molar-refractivity contribution >= 4 is 0 Å². The van der Waals surface area contributed by atoms with Gasteiger partial charge in [-0.1, -0.05) is 12.8 Å². The summed E-state index contributed by atoms with van der Waals surface area (Å²) in [6.45, 7) is 5.93. The molecule has 3 fully saturated rings. The van der Waals surface area contributed by atoms with Crippen LogP contribution in [0.4, 0.5) is 0 Å². The quantitative estimate of drug-likeness (QED) is 0.792. The summed E-state index contributed by atoms with van der Waals surface area (Å²) in [6, 6.07) is 2.08. The van der Waals surface area contributed by atoms with E-state index in [9.17, 15) is 0 Å². The molecular weight excluding hydrogens is 302 g/mol. The molecular formula is C20H31NO3. The lowest BCUT2D eigenvalue weighted by atomic mass is 9.73. The number of hydrogen-bond donors (Lipinski definition) is 0. The van der Waals surface area contributed by atoms with Gasteiger partial charge in [0.25, 0.3) is 0 Å². The number of rotatable bonds is 6. The molecule has 4 rings (SSSR count). The zero-order chi connectivity index (χ0) is 16.2. The molecule has 1 saturated carbocycles. The number of piperidine rings is 1. The second-order valence-corrected chi connectivity index (χ2v) is 8.12. The smallest absolute Gasteiger partial charge is 0.0947 e. The van der Waals surface area contributed by atoms with Crippen LogP contribution in [0, 0.1) is 11.3 Å². The first-order chi connectivity index (χ1) is 11.8. The van der Waals surface area contributed by atoms with E-state index >= 15 is 0 Å². The van der Waals surface area contributed by atoms with Crippen molar-refractivity contribution in [3.63, 3.8) is 0 Å². The van der Waals surface area contributed by atoms with Gasteiger partial charge in [-0.2, -0.15) is 0 Å². The Hall–Kier alpha value is -0.840. The summed E-state index contributed by atoms with van der Waals surface area (Å²) in [5.41, 5.74) is 1.46. The second-order valence-electron chi connectivity index (χ2n) is 8.12. The summed E-state index contributed by atoms with van der Waals surface area (Å²) in [4.78, 5) is 2.56. The van der Waals surface area contributed by atoms with Crippen LogP contribution in [0.25, 0.3) is 0 Å². The molecule has 0 amide bonds. The summed E-state index contributed by atoms with van der Waals surface area (Å²) < 4.78 is 17.7. The normalized spacial score (nSPS) is 32.1. The predicted octanol–water partition coefficient (Wildman–Crippen LogP) is 3.86. The van der Waals surface area contributed by atoms with Crippen molar-refractivity contribution in [1.29, 1.82) is 0 Å². The van der Waals surface area contributed by atoms with E-state index in [4.69, 9.17) is 13.9 Å². The van der Waals surface area contributed by atoms with Crippen LogP contribution in [-0.4, -0.2) is 43.9 Å². The van der Waals surface area contributed by atoms with E-state index in [2.05, 4.69) is 11.0 Å². The number of fused-ring (bicyclic) bond motifs is 1. The maximum atomic E-state index is 6.28. The highest BCUT2D eigenvalue weighted by Crippen LogP contribution is 2.41. The van der Waals surface area contributed by atoms with Crippen LogP contribution in [0.15, 0.2) is 23.0 Å². The van der Waals surface area contributed by atoms with E-state index in [1.165, 1.54) is 44.1 Å². The SMILES string of the molecule is c1cc(CN2CC[C@H]3OCCC[C@@]3(COCC3CCCC3)C2)co1. The fourth-order valence-corrected chi connectivity index (χ4v) is 4.97. The van der Waals surface area contributed by atoms with Gasteiger partial charge in [0, 0.05) is 43.8 Å². The van der Waals surface area contributed by atoms with Crippen LogP contribution in [0.5, 0.6) is 0 Å². The highest BCUT2D eigenvalue weighted by Gasteiger charge is 2.46. The molecule has 1 aromatic heterocycles. The van der Waals surface area contributed by atoms with Crippen molar-refractivity contribution in [2.24, 2.45) is 11.3 Å². The van der Waals surface area contributed by atoms with E-state index in [0.29, 0.717) is 6.10 Å². The summed E-state index contributed by atoms with van der Waals surface area (Å²) in [5, 5.41) is 0. The third kappa shape index (κ3) is 3.71. The summed E-state index contributed by atoms with van der Waals surface area (Å²) in [5.74, 6) is 0.801. The molecule has 0 bridgehead atoms. The molecule has 0 spiro atoms. The average Bonchev–Trinajstić information content (AvgIpc) is 3.28. The maximum Gasteiger partial charge on any atom is 0.0947 e. The van der Waals surface area contributed by atoms with Gasteiger partial charge in [-0.25, -0.2) is 0 Å². The minimum Gasteiger partial charge on any atom is -0.472 e. The van der Waals surface area contributed by atoms with Gasteiger partial charge in [0.05, 0.1) is 25.2 Å². The molecule has 2 atom stereocenters. The molecule has 24 heavy (non-hydrogen) atoms. The molecule has 0 unspecified atom stereocenters. The molecule has 0 radical (unpaired) electrons. The lowest BCUT2D eigenvalue weighted by molar-refractivity contribution is -0.155. The van der Waals surface area contributed by atoms with Gasteiger partial charge in [-0.05, 0) is 44.1 Å². The van der Waals surface area contributed by atoms with Crippen LogP contribution in [-0.2, 0) is 16.0 Å². The first kappa shape index (κ1) is 16.6. The Morgan fingerprint density at radius 2 is 2.12 bits per heavy atom. The van der Waals surface area contributed by atoms with Gasteiger partial charge in [-0.3, -0.25) is 4.90 Å². The first-order valence-electron chi connectivity index (χ1n) is 9.77. The zero-order valence-electron chi connectivity index (χ0n) is 14.8. The molecule has 2 saturated heterocycles. The van der Waals surface area contributed by atoms with Gasteiger partial charge in [-0.15, -0.1) is 0 Å². The lowest BCUT2D eigenvalue weighted by Gasteiger charge is -2.50. The highest BCUT2D eigenvalue weighted by atomic mass is 16.5. The van der Waals surface area contributed by atoms with Crippen LogP contribution in [0.1, 0.15) is 50.5 Å². The third-order valence-electron chi connectivity index (χ3n) is 6.27. The minimum atomic E-state index is 0.193. The summed E-state index contributed by atoms with van der Waals surface area (Å²) in [7, 11) is 0. The van der Waals surface area contributed by atoms with Gasteiger partial charge in [0.1, 0.15) is 0 Å². The third-order valence-corrected chi connectivity index (χ3v) is 6.27. The van der Waals surface area contributed by atoms with E-state index in [1.807, 2.05) is 6.26 Å². The van der Waals surface area contributed by atoms with Crippen LogP contribution < -0.4 is 0 Å². The van der Waals surface area contributed by atoms with E-state index in [0.717, 1.165) is 51.8 Å². The Bertz CT molecular complexity index is 497. The van der Waals surface area contributed by atoms with Crippen molar-refractivity contribution in [2.45, 2.75) is 57.6 Å². The second kappa shape index (κ2) is 7.59. The Morgan fingerprint density at radius 3 is 2.96 bits per heavy atom. The molecule has 4 heteroatoms. The number of hydrogen-bond acceptors (Lipinski definition) is 4. The fourth-order valence-electron chi connectivity index (χ4n) is 4.97. The molecule has 3 heterocycles. The zero-order valence-corrected chi connectivity index (χ0v) is 14.8. The Balaban J connectivity index is 1.37. The van der Waals surface area contributed by atoms with Crippen LogP contribution in [0.2, 0.25) is 0 Å². The van der Waals surface area contributed by atoms with Gasteiger partial charge in [0.15, 0.2) is 0 Å². The van der Waals surface area contributed by atoms with Crippen molar-refractivity contribution in [2.75, 3.05) is 32.9 Å². The molecule has 2 aliphatic heterocycles. The summed E-state index contributed by atoms with van der Waals surface area (Å²) in [6.07, 6.45) is 13.1. The molecule has 0 N–H and O–H groups in total. The van der Waals surface area contributed by atoms with Crippen molar-refractivity contribution in [3.05, 3.63) is 24.2 Å². The predicted molar refractivity (Wildman–Crippen MR) is 92.8 cm³/mol. The van der Waals surface area contributed by atoms with Crippen molar-refractivity contribution in [3.8, 4) is 0 Å². The average molecular weight is 333 g/mol. The molecule has 1 aliphatic carbocycles. The summed E-state index contributed by atoms with van der Waals surface area (Å²) >= 11 is 0. The van der Waals surface area contributed by atoms with Gasteiger partial charge in [0.2, 0.25) is 0 Å².